The lowest BCUT2D eigenvalue weighted by atomic mass is 9.97. The van der Waals surface area contributed by atoms with Crippen molar-refractivity contribution in [3.05, 3.63) is 42.0 Å². The number of amides is 1. The van der Waals surface area contributed by atoms with Gasteiger partial charge in [-0.05, 0) is 38.3 Å². The predicted octanol–water partition coefficient (Wildman–Crippen LogP) is 2.25. The van der Waals surface area contributed by atoms with Crippen molar-refractivity contribution in [2.75, 3.05) is 23.3 Å². The molecule has 4 heterocycles. The molecule has 1 aliphatic rings. The van der Waals surface area contributed by atoms with E-state index in [1.165, 1.54) is 6.33 Å². The Balaban J connectivity index is 1.54. The van der Waals surface area contributed by atoms with Crippen LogP contribution >= 0.6 is 0 Å². The molecule has 0 aliphatic carbocycles. The molecule has 8 heteroatoms. The van der Waals surface area contributed by atoms with Crippen molar-refractivity contribution in [2.24, 2.45) is 5.92 Å². The third-order valence-electron chi connectivity index (χ3n) is 4.90. The summed E-state index contributed by atoms with van der Waals surface area (Å²) in [6, 6.07) is 7.68. The molecule has 1 atom stereocenters. The maximum absolute atomic E-state index is 12.8. The molecule has 4 rings (SSSR count). The van der Waals surface area contributed by atoms with Crippen LogP contribution in [0.1, 0.15) is 31.2 Å². The van der Waals surface area contributed by atoms with E-state index in [1.54, 1.807) is 4.52 Å². The average molecular weight is 365 g/mol. The molecule has 1 amide bonds. The van der Waals surface area contributed by atoms with E-state index in [0.717, 1.165) is 43.0 Å². The SMILES string of the molecule is CCc1cc(N2CCCC(C(=O)Nc3cccc(C)n3)C2)n2ncnc2n1. The molecule has 140 valence electrons. The standard InChI is InChI=1S/C19H23N7O/c1-3-15-10-17(26-19(23-15)20-12-21-26)25-9-5-7-14(11-25)18(27)24-16-8-4-6-13(2)22-16/h4,6,8,10,12,14H,3,5,7,9,11H2,1-2H3,(H,22,24,27). The van der Waals surface area contributed by atoms with Gasteiger partial charge in [0, 0.05) is 30.5 Å². The lowest BCUT2D eigenvalue weighted by molar-refractivity contribution is -0.120. The van der Waals surface area contributed by atoms with Gasteiger partial charge >= 0.3 is 0 Å². The number of rotatable bonds is 4. The van der Waals surface area contributed by atoms with Gasteiger partial charge in [-0.25, -0.2) is 9.97 Å². The van der Waals surface area contributed by atoms with Crippen molar-refractivity contribution in [1.29, 1.82) is 0 Å². The number of nitrogens with zero attached hydrogens (tertiary/aromatic N) is 6. The fourth-order valence-electron chi connectivity index (χ4n) is 3.49. The molecule has 1 saturated heterocycles. The Labute approximate surface area is 157 Å². The van der Waals surface area contributed by atoms with Crippen LogP contribution in [0, 0.1) is 12.8 Å². The van der Waals surface area contributed by atoms with Crippen LogP contribution < -0.4 is 10.2 Å². The molecule has 0 saturated carbocycles. The highest BCUT2D eigenvalue weighted by atomic mass is 16.2. The quantitative estimate of drug-likeness (QED) is 0.763. The topological polar surface area (TPSA) is 88.3 Å². The summed E-state index contributed by atoms with van der Waals surface area (Å²) in [6.45, 7) is 5.50. The number of hydrogen-bond acceptors (Lipinski definition) is 6. The van der Waals surface area contributed by atoms with Crippen LogP contribution in [-0.2, 0) is 11.2 Å². The van der Waals surface area contributed by atoms with Crippen molar-refractivity contribution in [3.8, 4) is 0 Å². The number of aryl methyl sites for hydroxylation is 2. The smallest absolute Gasteiger partial charge is 0.254 e. The number of aromatic nitrogens is 5. The van der Waals surface area contributed by atoms with Crippen LogP contribution in [0.2, 0.25) is 0 Å². The Hall–Kier alpha value is -3.03. The van der Waals surface area contributed by atoms with E-state index in [2.05, 4.69) is 37.2 Å². The summed E-state index contributed by atoms with van der Waals surface area (Å²) >= 11 is 0. The first kappa shape index (κ1) is 17.4. The number of hydrogen-bond donors (Lipinski definition) is 1. The van der Waals surface area contributed by atoms with Crippen LogP contribution in [0.25, 0.3) is 5.78 Å². The van der Waals surface area contributed by atoms with E-state index < -0.39 is 0 Å². The zero-order chi connectivity index (χ0) is 18.8. The summed E-state index contributed by atoms with van der Waals surface area (Å²) < 4.78 is 1.75. The normalized spacial score (nSPS) is 17.3. The van der Waals surface area contributed by atoms with Gasteiger partial charge in [0.2, 0.25) is 5.91 Å². The third-order valence-corrected chi connectivity index (χ3v) is 4.90. The van der Waals surface area contributed by atoms with Gasteiger partial charge in [-0.1, -0.05) is 13.0 Å². The summed E-state index contributed by atoms with van der Waals surface area (Å²) in [5.41, 5.74) is 1.86. The van der Waals surface area contributed by atoms with E-state index in [0.29, 0.717) is 18.1 Å². The molecule has 1 N–H and O–H groups in total. The third kappa shape index (κ3) is 3.60. The van der Waals surface area contributed by atoms with Gasteiger partial charge in [-0.2, -0.15) is 14.6 Å². The molecule has 0 bridgehead atoms. The molecule has 1 unspecified atom stereocenters. The second kappa shape index (κ2) is 7.30. The van der Waals surface area contributed by atoms with E-state index >= 15 is 0 Å². The lowest BCUT2D eigenvalue weighted by Gasteiger charge is -2.33. The average Bonchev–Trinajstić information content (AvgIpc) is 3.16. The lowest BCUT2D eigenvalue weighted by Crippen LogP contribution is -2.41. The first-order chi connectivity index (χ1) is 13.1. The number of carbonyl (C=O) groups is 1. The Morgan fingerprint density at radius 1 is 1.33 bits per heavy atom. The van der Waals surface area contributed by atoms with Crippen LogP contribution in [-0.4, -0.2) is 43.6 Å². The Kier molecular flexibility index (Phi) is 4.70. The van der Waals surface area contributed by atoms with E-state index in [9.17, 15) is 4.79 Å². The van der Waals surface area contributed by atoms with Gasteiger partial charge in [-0.15, -0.1) is 0 Å². The van der Waals surface area contributed by atoms with Crippen molar-refractivity contribution in [2.45, 2.75) is 33.1 Å². The molecular formula is C19H23N7O. The van der Waals surface area contributed by atoms with Crippen LogP contribution in [0.3, 0.4) is 0 Å². The van der Waals surface area contributed by atoms with Crippen molar-refractivity contribution < 1.29 is 4.79 Å². The Morgan fingerprint density at radius 2 is 2.22 bits per heavy atom. The van der Waals surface area contributed by atoms with Crippen molar-refractivity contribution in [1.82, 2.24) is 24.6 Å². The fourth-order valence-corrected chi connectivity index (χ4v) is 3.49. The van der Waals surface area contributed by atoms with E-state index in [4.69, 9.17) is 0 Å². The highest BCUT2D eigenvalue weighted by molar-refractivity contribution is 5.92. The molecule has 0 radical (unpaired) electrons. The van der Waals surface area contributed by atoms with Gasteiger partial charge in [-0.3, -0.25) is 4.79 Å². The monoisotopic (exact) mass is 365 g/mol. The number of anilines is 2. The van der Waals surface area contributed by atoms with Crippen molar-refractivity contribution in [3.63, 3.8) is 0 Å². The van der Waals surface area contributed by atoms with Crippen LogP contribution in [0.15, 0.2) is 30.6 Å². The molecule has 1 aliphatic heterocycles. The van der Waals surface area contributed by atoms with Gasteiger partial charge < -0.3 is 10.2 Å². The molecule has 0 aromatic carbocycles. The first-order valence-corrected chi connectivity index (χ1v) is 9.33. The minimum Gasteiger partial charge on any atom is -0.356 e. The molecule has 1 fully saturated rings. The zero-order valence-electron chi connectivity index (χ0n) is 15.6. The van der Waals surface area contributed by atoms with E-state index in [-0.39, 0.29) is 11.8 Å². The summed E-state index contributed by atoms with van der Waals surface area (Å²) in [4.78, 5) is 28.1. The number of piperidine rings is 1. The minimum absolute atomic E-state index is 0.0115. The number of fused-ring (bicyclic) bond motifs is 1. The minimum atomic E-state index is -0.0992. The fraction of sp³-hybridized carbons (Fsp3) is 0.421. The Bertz CT molecular complexity index is 968. The number of nitrogens with one attached hydrogen (secondary N) is 1. The number of carbonyl (C=O) groups excluding carboxylic acids is 1. The molecular weight excluding hydrogens is 342 g/mol. The predicted molar refractivity (Wildman–Crippen MR) is 103 cm³/mol. The summed E-state index contributed by atoms with van der Waals surface area (Å²) in [5.74, 6) is 2.06. The highest BCUT2D eigenvalue weighted by Gasteiger charge is 2.28. The molecule has 3 aromatic heterocycles. The van der Waals surface area contributed by atoms with Crippen molar-refractivity contribution >= 4 is 23.3 Å². The molecule has 8 nitrogen and oxygen atoms in total. The van der Waals surface area contributed by atoms with Gasteiger partial charge in [0.25, 0.3) is 5.78 Å². The summed E-state index contributed by atoms with van der Waals surface area (Å²) in [5, 5.41) is 7.26. The van der Waals surface area contributed by atoms with Gasteiger partial charge in [0.1, 0.15) is 18.0 Å². The van der Waals surface area contributed by atoms with Gasteiger partial charge in [0.05, 0.1) is 5.92 Å². The maximum Gasteiger partial charge on any atom is 0.254 e. The summed E-state index contributed by atoms with van der Waals surface area (Å²) in [6.07, 6.45) is 4.15. The molecule has 3 aromatic rings. The van der Waals surface area contributed by atoms with Crippen LogP contribution in [0.4, 0.5) is 11.6 Å². The maximum atomic E-state index is 12.8. The molecule has 0 spiro atoms. The Morgan fingerprint density at radius 3 is 3.04 bits per heavy atom. The second-order valence-corrected chi connectivity index (χ2v) is 6.87. The molecule has 27 heavy (non-hydrogen) atoms. The highest BCUT2D eigenvalue weighted by Crippen LogP contribution is 2.25. The summed E-state index contributed by atoms with van der Waals surface area (Å²) in [7, 11) is 0. The van der Waals surface area contributed by atoms with E-state index in [1.807, 2.05) is 31.2 Å². The zero-order valence-corrected chi connectivity index (χ0v) is 15.6. The largest absolute Gasteiger partial charge is 0.356 e. The second-order valence-electron chi connectivity index (χ2n) is 6.87. The van der Waals surface area contributed by atoms with Crippen LogP contribution in [0.5, 0.6) is 0 Å². The van der Waals surface area contributed by atoms with Gasteiger partial charge in [0.15, 0.2) is 0 Å². The first-order valence-electron chi connectivity index (χ1n) is 9.33. The number of pyridine rings is 1.